The number of halogens is 1. The van der Waals surface area contributed by atoms with Crippen molar-refractivity contribution in [2.75, 3.05) is 23.7 Å². The van der Waals surface area contributed by atoms with Crippen molar-refractivity contribution in [3.8, 4) is 0 Å². The predicted octanol–water partition coefficient (Wildman–Crippen LogP) is 1.91. The van der Waals surface area contributed by atoms with E-state index in [1.807, 2.05) is 0 Å². The lowest BCUT2D eigenvalue weighted by Crippen LogP contribution is -2.36. The molecule has 0 aliphatic carbocycles. The Balaban J connectivity index is 1.83. The summed E-state index contributed by atoms with van der Waals surface area (Å²) in [5.41, 5.74) is 7.35. The van der Waals surface area contributed by atoms with E-state index in [0.29, 0.717) is 16.4 Å². The summed E-state index contributed by atoms with van der Waals surface area (Å²) in [5, 5.41) is 8.55. The monoisotopic (exact) mass is 374 g/mol. The second kappa shape index (κ2) is 8.87. The third kappa shape index (κ3) is 5.22. The fourth-order valence-corrected chi connectivity index (χ4v) is 2.38. The van der Waals surface area contributed by atoms with Crippen LogP contribution in [0.25, 0.3) is 0 Å². The van der Waals surface area contributed by atoms with Crippen molar-refractivity contribution < 1.29 is 14.4 Å². The van der Waals surface area contributed by atoms with Crippen LogP contribution in [0.15, 0.2) is 42.5 Å². The molecule has 136 valence electrons. The highest BCUT2D eigenvalue weighted by molar-refractivity contribution is 6.31. The minimum Gasteiger partial charge on any atom is -0.376 e. The van der Waals surface area contributed by atoms with Crippen LogP contribution < -0.4 is 21.7 Å². The van der Waals surface area contributed by atoms with Gasteiger partial charge in [0.05, 0.1) is 18.7 Å². The fourth-order valence-electron chi connectivity index (χ4n) is 2.21. The van der Waals surface area contributed by atoms with Crippen LogP contribution in [-0.4, -0.2) is 30.8 Å². The van der Waals surface area contributed by atoms with Crippen molar-refractivity contribution >= 4 is 40.7 Å². The average Bonchev–Trinajstić information content (AvgIpc) is 2.62. The van der Waals surface area contributed by atoms with Gasteiger partial charge in [-0.2, -0.15) is 0 Å². The molecular weight excluding hydrogens is 356 g/mol. The SMILES string of the molecule is Cc1c(Cl)cccc1NC(=O)CNC(=O)CNc1ccccc1C(N)=O. The molecule has 8 heteroatoms. The van der Waals surface area contributed by atoms with E-state index in [9.17, 15) is 14.4 Å². The zero-order valence-electron chi connectivity index (χ0n) is 14.1. The van der Waals surface area contributed by atoms with E-state index in [1.165, 1.54) is 0 Å². The van der Waals surface area contributed by atoms with Crippen LogP contribution in [0.2, 0.25) is 5.02 Å². The van der Waals surface area contributed by atoms with Gasteiger partial charge in [-0.25, -0.2) is 0 Å². The number of amides is 3. The van der Waals surface area contributed by atoms with Gasteiger partial charge < -0.3 is 21.7 Å². The van der Waals surface area contributed by atoms with E-state index >= 15 is 0 Å². The zero-order valence-corrected chi connectivity index (χ0v) is 14.9. The molecule has 0 bridgehead atoms. The van der Waals surface area contributed by atoms with Gasteiger partial charge >= 0.3 is 0 Å². The molecule has 5 N–H and O–H groups in total. The number of carbonyl (C=O) groups is 3. The lowest BCUT2D eigenvalue weighted by Gasteiger charge is -2.11. The maximum Gasteiger partial charge on any atom is 0.250 e. The minimum atomic E-state index is -0.593. The van der Waals surface area contributed by atoms with Gasteiger partial charge in [0.1, 0.15) is 0 Å². The fraction of sp³-hybridized carbons (Fsp3) is 0.167. The average molecular weight is 375 g/mol. The molecule has 0 radical (unpaired) electrons. The normalized spacial score (nSPS) is 10.1. The van der Waals surface area contributed by atoms with Gasteiger partial charge in [0.25, 0.3) is 5.91 Å². The number of para-hydroxylation sites is 1. The number of primary amides is 1. The molecule has 0 saturated heterocycles. The zero-order chi connectivity index (χ0) is 19.1. The van der Waals surface area contributed by atoms with Gasteiger partial charge in [0.2, 0.25) is 11.8 Å². The summed E-state index contributed by atoms with van der Waals surface area (Å²) in [4.78, 5) is 35.2. The van der Waals surface area contributed by atoms with E-state index in [1.54, 1.807) is 49.4 Å². The molecule has 0 aromatic heterocycles. The molecule has 2 aromatic carbocycles. The van der Waals surface area contributed by atoms with E-state index in [2.05, 4.69) is 16.0 Å². The summed E-state index contributed by atoms with van der Waals surface area (Å²) in [6, 6.07) is 11.8. The summed E-state index contributed by atoms with van der Waals surface area (Å²) in [6.45, 7) is 1.49. The lowest BCUT2D eigenvalue weighted by molar-refractivity contribution is -0.122. The van der Waals surface area contributed by atoms with Crippen LogP contribution >= 0.6 is 11.6 Å². The lowest BCUT2D eigenvalue weighted by atomic mass is 10.1. The van der Waals surface area contributed by atoms with Crippen molar-refractivity contribution in [2.45, 2.75) is 6.92 Å². The first kappa shape index (κ1) is 19.3. The minimum absolute atomic E-state index is 0.103. The Morgan fingerprint density at radius 3 is 2.38 bits per heavy atom. The molecule has 2 aromatic rings. The maximum atomic E-state index is 11.9. The molecule has 3 amide bonds. The quantitative estimate of drug-likeness (QED) is 0.592. The first-order chi connectivity index (χ1) is 12.4. The number of benzene rings is 2. The van der Waals surface area contributed by atoms with Crippen LogP contribution in [0.5, 0.6) is 0 Å². The second-order valence-corrected chi connectivity index (χ2v) is 5.91. The third-order valence-electron chi connectivity index (χ3n) is 3.62. The highest BCUT2D eigenvalue weighted by atomic mass is 35.5. The van der Waals surface area contributed by atoms with E-state index in [4.69, 9.17) is 17.3 Å². The highest BCUT2D eigenvalue weighted by Crippen LogP contribution is 2.22. The number of anilines is 2. The summed E-state index contributed by atoms with van der Waals surface area (Å²) >= 11 is 6.00. The van der Waals surface area contributed by atoms with Gasteiger partial charge in [-0.05, 0) is 36.8 Å². The second-order valence-electron chi connectivity index (χ2n) is 5.50. The first-order valence-corrected chi connectivity index (χ1v) is 8.20. The summed E-state index contributed by atoms with van der Waals surface area (Å²) in [6.07, 6.45) is 0. The molecule has 0 fully saturated rings. The Labute approximate surface area is 155 Å². The Morgan fingerprint density at radius 1 is 0.962 bits per heavy atom. The summed E-state index contributed by atoms with van der Waals surface area (Å²) < 4.78 is 0. The van der Waals surface area contributed by atoms with Crippen LogP contribution in [0.3, 0.4) is 0 Å². The van der Waals surface area contributed by atoms with Gasteiger partial charge in [0, 0.05) is 16.4 Å². The molecular formula is C18H19ClN4O3. The molecule has 0 aliphatic heterocycles. The number of hydrogen-bond acceptors (Lipinski definition) is 4. The van der Waals surface area contributed by atoms with Crippen LogP contribution in [0.1, 0.15) is 15.9 Å². The van der Waals surface area contributed by atoms with E-state index in [-0.39, 0.29) is 24.6 Å². The standard InChI is InChI=1S/C18H19ClN4O3/c1-11-13(19)6-4-8-14(11)23-17(25)10-22-16(24)9-21-15-7-3-2-5-12(15)18(20)26/h2-8,21H,9-10H2,1H3,(H2,20,26)(H,22,24)(H,23,25). The van der Waals surface area contributed by atoms with Crippen molar-refractivity contribution in [1.29, 1.82) is 0 Å². The number of nitrogens with one attached hydrogen (secondary N) is 3. The van der Waals surface area contributed by atoms with Gasteiger partial charge in [-0.1, -0.05) is 29.8 Å². The summed E-state index contributed by atoms with van der Waals surface area (Å²) in [5.74, 6) is -1.37. The van der Waals surface area contributed by atoms with Crippen LogP contribution in [0.4, 0.5) is 11.4 Å². The Hall–Kier alpha value is -3.06. The maximum absolute atomic E-state index is 11.9. The Morgan fingerprint density at radius 2 is 1.65 bits per heavy atom. The van der Waals surface area contributed by atoms with Crippen LogP contribution in [-0.2, 0) is 9.59 Å². The molecule has 0 aliphatic rings. The first-order valence-electron chi connectivity index (χ1n) is 7.83. The predicted molar refractivity (Wildman–Crippen MR) is 101 cm³/mol. The highest BCUT2D eigenvalue weighted by Gasteiger charge is 2.10. The Kier molecular flexibility index (Phi) is 6.57. The molecule has 26 heavy (non-hydrogen) atoms. The van der Waals surface area contributed by atoms with Gasteiger partial charge in [-0.15, -0.1) is 0 Å². The largest absolute Gasteiger partial charge is 0.376 e. The van der Waals surface area contributed by atoms with Gasteiger partial charge in [0.15, 0.2) is 0 Å². The summed E-state index contributed by atoms with van der Waals surface area (Å²) in [7, 11) is 0. The third-order valence-corrected chi connectivity index (χ3v) is 4.03. The number of hydrogen-bond donors (Lipinski definition) is 4. The molecule has 0 heterocycles. The molecule has 0 spiro atoms. The molecule has 7 nitrogen and oxygen atoms in total. The molecule has 0 atom stereocenters. The Bertz CT molecular complexity index is 839. The topological polar surface area (TPSA) is 113 Å². The van der Waals surface area contributed by atoms with Gasteiger partial charge in [-0.3, -0.25) is 14.4 Å². The number of carbonyl (C=O) groups excluding carboxylic acids is 3. The van der Waals surface area contributed by atoms with E-state index in [0.717, 1.165) is 5.56 Å². The van der Waals surface area contributed by atoms with Crippen molar-refractivity contribution in [3.63, 3.8) is 0 Å². The van der Waals surface area contributed by atoms with E-state index < -0.39 is 11.8 Å². The molecule has 2 rings (SSSR count). The van der Waals surface area contributed by atoms with Crippen LogP contribution in [0, 0.1) is 6.92 Å². The molecule has 0 unspecified atom stereocenters. The molecule has 0 saturated carbocycles. The number of rotatable bonds is 7. The van der Waals surface area contributed by atoms with Crippen molar-refractivity contribution in [3.05, 3.63) is 58.6 Å². The smallest absolute Gasteiger partial charge is 0.250 e. The van der Waals surface area contributed by atoms with Crippen molar-refractivity contribution in [1.82, 2.24) is 5.32 Å². The number of nitrogens with two attached hydrogens (primary N) is 1. The van der Waals surface area contributed by atoms with Crippen molar-refractivity contribution in [2.24, 2.45) is 5.73 Å².